The van der Waals surface area contributed by atoms with Gasteiger partial charge in [-0.25, -0.2) is 0 Å². The van der Waals surface area contributed by atoms with E-state index >= 15 is 0 Å². The Kier molecular flexibility index (Phi) is 4.00. The van der Waals surface area contributed by atoms with Gasteiger partial charge in [-0.3, -0.25) is 4.79 Å². The molecule has 1 aliphatic heterocycles. The summed E-state index contributed by atoms with van der Waals surface area (Å²) in [6, 6.07) is 0. The highest BCUT2D eigenvalue weighted by Gasteiger charge is 2.40. The molecule has 0 aliphatic carbocycles. The molecule has 0 saturated carbocycles. The van der Waals surface area contributed by atoms with Crippen LogP contribution in [0.5, 0.6) is 0 Å². The molecule has 0 amide bonds. The van der Waals surface area contributed by atoms with Crippen LogP contribution >= 0.6 is 0 Å². The predicted octanol–water partition coefficient (Wildman–Crippen LogP) is 2.68. The molecule has 0 aromatic rings. The molecule has 1 aliphatic rings. The fraction of sp³-hybridized carbons (Fsp3) is 0.727. The molecule has 1 fully saturated rings. The van der Waals surface area contributed by atoms with E-state index in [2.05, 4.69) is 13.5 Å². The van der Waals surface area contributed by atoms with Gasteiger partial charge in [-0.2, -0.15) is 0 Å². The summed E-state index contributed by atoms with van der Waals surface area (Å²) in [5.41, 5.74) is 0. The smallest absolute Gasteiger partial charge is 0.313 e. The number of hydrogen-bond acceptors (Lipinski definition) is 2. The van der Waals surface area contributed by atoms with Crippen LogP contribution in [0.3, 0.4) is 0 Å². The van der Waals surface area contributed by atoms with Crippen LogP contribution in [0, 0.1) is 5.92 Å². The number of allylic oxidation sites excluding steroid dienone is 1. The normalized spacial score (nSPS) is 26.4. The van der Waals surface area contributed by atoms with Gasteiger partial charge in [-0.1, -0.05) is 19.4 Å². The number of rotatable bonds is 6. The lowest BCUT2D eigenvalue weighted by Crippen LogP contribution is -2.44. The molecular formula is C11H18O2. The van der Waals surface area contributed by atoms with Crippen LogP contribution in [0.25, 0.3) is 0 Å². The van der Waals surface area contributed by atoms with Crippen molar-refractivity contribution in [3.05, 3.63) is 12.7 Å². The van der Waals surface area contributed by atoms with Crippen LogP contribution in [0.1, 0.15) is 39.0 Å². The Hall–Kier alpha value is -0.790. The molecule has 0 unspecified atom stereocenters. The largest absolute Gasteiger partial charge is 0.461 e. The first-order valence-corrected chi connectivity index (χ1v) is 5.11. The average Bonchev–Trinajstić information content (AvgIpc) is 2.13. The fourth-order valence-electron chi connectivity index (χ4n) is 1.74. The zero-order valence-corrected chi connectivity index (χ0v) is 8.29. The number of carbonyl (C=O) groups excluding carboxylic acids is 1. The number of carbonyl (C=O) groups is 1. The van der Waals surface area contributed by atoms with Gasteiger partial charge < -0.3 is 4.74 Å². The first-order chi connectivity index (χ1) is 6.29. The van der Waals surface area contributed by atoms with Gasteiger partial charge in [-0.05, 0) is 25.7 Å². The Labute approximate surface area is 80.0 Å². The summed E-state index contributed by atoms with van der Waals surface area (Å²) in [4.78, 5) is 11.0. The zero-order valence-electron chi connectivity index (χ0n) is 8.29. The highest BCUT2D eigenvalue weighted by molar-refractivity contribution is 5.78. The molecule has 0 bridgehead atoms. The molecule has 2 atom stereocenters. The van der Waals surface area contributed by atoms with Crippen molar-refractivity contribution in [1.29, 1.82) is 0 Å². The number of hydrogen-bond donors (Lipinski definition) is 0. The molecule has 0 aromatic heterocycles. The quantitative estimate of drug-likeness (QED) is 0.358. The SMILES string of the molecule is C=CCCC[C@H]1OC(=O)[C@@H]1CCC. The summed E-state index contributed by atoms with van der Waals surface area (Å²) >= 11 is 0. The Morgan fingerprint density at radius 3 is 2.85 bits per heavy atom. The highest BCUT2D eigenvalue weighted by Crippen LogP contribution is 2.30. The molecule has 1 saturated heterocycles. The number of ether oxygens (including phenoxy) is 1. The van der Waals surface area contributed by atoms with Crippen molar-refractivity contribution in [3.63, 3.8) is 0 Å². The molecular weight excluding hydrogens is 164 g/mol. The summed E-state index contributed by atoms with van der Waals surface area (Å²) in [6.07, 6.45) is 7.27. The summed E-state index contributed by atoms with van der Waals surface area (Å²) in [7, 11) is 0. The van der Waals surface area contributed by atoms with Crippen LogP contribution in [0.15, 0.2) is 12.7 Å². The average molecular weight is 182 g/mol. The second-order valence-corrected chi connectivity index (χ2v) is 3.59. The molecule has 0 aromatic carbocycles. The molecule has 2 heteroatoms. The Balaban J connectivity index is 2.19. The van der Waals surface area contributed by atoms with Crippen molar-refractivity contribution in [2.24, 2.45) is 5.92 Å². The first kappa shape index (κ1) is 10.3. The molecule has 0 radical (unpaired) electrons. The van der Waals surface area contributed by atoms with Crippen LogP contribution in [-0.4, -0.2) is 12.1 Å². The first-order valence-electron chi connectivity index (χ1n) is 5.11. The number of esters is 1. The third kappa shape index (κ3) is 2.58. The Morgan fingerprint density at radius 2 is 2.31 bits per heavy atom. The summed E-state index contributed by atoms with van der Waals surface area (Å²) < 4.78 is 5.08. The minimum Gasteiger partial charge on any atom is -0.461 e. The topological polar surface area (TPSA) is 26.3 Å². The van der Waals surface area contributed by atoms with Gasteiger partial charge in [0.25, 0.3) is 0 Å². The summed E-state index contributed by atoms with van der Waals surface area (Å²) in [5, 5.41) is 0. The Morgan fingerprint density at radius 1 is 1.54 bits per heavy atom. The van der Waals surface area contributed by atoms with Crippen molar-refractivity contribution in [1.82, 2.24) is 0 Å². The second kappa shape index (κ2) is 5.05. The third-order valence-corrected chi connectivity index (χ3v) is 2.52. The van der Waals surface area contributed by atoms with E-state index < -0.39 is 0 Å². The lowest BCUT2D eigenvalue weighted by atomic mass is 9.89. The van der Waals surface area contributed by atoms with E-state index in [1.807, 2.05) is 6.08 Å². The molecule has 0 N–H and O–H groups in total. The molecule has 1 heterocycles. The van der Waals surface area contributed by atoms with Gasteiger partial charge in [-0.15, -0.1) is 6.58 Å². The van der Waals surface area contributed by atoms with Crippen molar-refractivity contribution in [2.75, 3.05) is 0 Å². The van der Waals surface area contributed by atoms with E-state index in [9.17, 15) is 4.79 Å². The van der Waals surface area contributed by atoms with E-state index in [0.29, 0.717) is 0 Å². The minimum absolute atomic E-state index is 0.00505. The predicted molar refractivity (Wildman–Crippen MR) is 52.3 cm³/mol. The van der Waals surface area contributed by atoms with Crippen LogP contribution in [-0.2, 0) is 9.53 Å². The lowest BCUT2D eigenvalue weighted by molar-refractivity contribution is -0.186. The van der Waals surface area contributed by atoms with Crippen molar-refractivity contribution in [3.8, 4) is 0 Å². The maximum Gasteiger partial charge on any atom is 0.313 e. The van der Waals surface area contributed by atoms with E-state index in [1.165, 1.54) is 0 Å². The number of unbranched alkanes of at least 4 members (excludes halogenated alkanes) is 1. The minimum atomic E-state index is 0.00505. The summed E-state index contributed by atoms with van der Waals surface area (Å²) in [6.45, 7) is 5.77. The maximum atomic E-state index is 11.0. The zero-order chi connectivity index (χ0) is 9.68. The van der Waals surface area contributed by atoms with Crippen molar-refractivity contribution < 1.29 is 9.53 Å². The van der Waals surface area contributed by atoms with Gasteiger partial charge in [0, 0.05) is 0 Å². The van der Waals surface area contributed by atoms with Crippen LogP contribution in [0.4, 0.5) is 0 Å². The third-order valence-electron chi connectivity index (χ3n) is 2.52. The van der Waals surface area contributed by atoms with Gasteiger partial charge in [0.2, 0.25) is 0 Å². The van der Waals surface area contributed by atoms with Gasteiger partial charge in [0.05, 0.1) is 5.92 Å². The maximum absolute atomic E-state index is 11.0. The van der Waals surface area contributed by atoms with Crippen molar-refractivity contribution >= 4 is 5.97 Å². The fourth-order valence-corrected chi connectivity index (χ4v) is 1.74. The second-order valence-electron chi connectivity index (χ2n) is 3.59. The monoisotopic (exact) mass is 182 g/mol. The van der Waals surface area contributed by atoms with E-state index in [4.69, 9.17) is 4.74 Å². The van der Waals surface area contributed by atoms with Gasteiger partial charge in [0.15, 0.2) is 0 Å². The molecule has 1 rings (SSSR count). The Bertz CT molecular complexity index is 187. The lowest BCUT2D eigenvalue weighted by Gasteiger charge is -2.35. The van der Waals surface area contributed by atoms with E-state index in [1.54, 1.807) is 0 Å². The molecule has 74 valence electrons. The highest BCUT2D eigenvalue weighted by atomic mass is 16.6. The van der Waals surface area contributed by atoms with E-state index in [-0.39, 0.29) is 18.0 Å². The van der Waals surface area contributed by atoms with Crippen LogP contribution < -0.4 is 0 Å². The van der Waals surface area contributed by atoms with Crippen LogP contribution in [0.2, 0.25) is 0 Å². The molecule has 2 nitrogen and oxygen atoms in total. The van der Waals surface area contributed by atoms with Gasteiger partial charge >= 0.3 is 5.97 Å². The number of cyclic esters (lactones) is 1. The van der Waals surface area contributed by atoms with Gasteiger partial charge in [0.1, 0.15) is 6.10 Å². The summed E-state index contributed by atoms with van der Waals surface area (Å²) in [5.74, 6) is 0.195. The van der Waals surface area contributed by atoms with Crippen molar-refractivity contribution in [2.45, 2.75) is 45.1 Å². The van der Waals surface area contributed by atoms with E-state index in [0.717, 1.165) is 32.1 Å². The molecule has 13 heavy (non-hydrogen) atoms. The standard InChI is InChI=1S/C11H18O2/c1-3-5-6-8-10-9(7-4-2)11(12)13-10/h3,9-10H,1,4-8H2,2H3/t9-,10-/m1/s1. The molecule has 0 spiro atoms.